The van der Waals surface area contributed by atoms with Crippen LogP contribution in [0.15, 0.2) is 53.0 Å². The zero-order chi connectivity index (χ0) is 16.8. The molecule has 1 atom stereocenters. The Hall–Kier alpha value is -2.27. The first-order valence-corrected chi connectivity index (χ1v) is 8.30. The van der Waals surface area contributed by atoms with Crippen LogP contribution in [0.4, 0.5) is 14.5 Å². The van der Waals surface area contributed by atoms with Gasteiger partial charge in [0.05, 0.1) is 5.69 Å². The molecule has 0 fully saturated rings. The van der Waals surface area contributed by atoms with Crippen LogP contribution in [-0.4, -0.2) is 5.91 Å². The van der Waals surface area contributed by atoms with Gasteiger partial charge in [0.25, 0.3) is 0 Å². The number of amides is 1. The summed E-state index contributed by atoms with van der Waals surface area (Å²) in [4.78, 5) is 12.2. The Morgan fingerprint density at radius 2 is 1.75 bits per heavy atom. The molecule has 24 heavy (non-hydrogen) atoms. The molecule has 5 heteroatoms. The molecule has 4 rings (SSSR count). The topological polar surface area (TPSA) is 29.1 Å². The van der Waals surface area contributed by atoms with Crippen LogP contribution in [-0.2, 0) is 4.79 Å². The minimum atomic E-state index is -0.523. The molecule has 0 aromatic heterocycles. The molecule has 0 spiro atoms. The number of halogens is 3. The van der Waals surface area contributed by atoms with Crippen molar-refractivity contribution in [2.24, 2.45) is 0 Å². The van der Waals surface area contributed by atoms with Crippen LogP contribution >= 0.6 is 15.9 Å². The number of benzene rings is 3. The summed E-state index contributed by atoms with van der Waals surface area (Å²) in [6, 6.07) is 12.9. The fourth-order valence-corrected chi connectivity index (χ4v) is 3.90. The van der Waals surface area contributed by atoms with Crippen molar-refractivity contribution in [2.45, 2.75) is 12.3 Å². The van der Waals surface area contributed by atoms with E-state index in [1.807, 2.05) is 30.3 Å². The normalized spacial score (nSPS) is 16.8. The van der Waals surface area contributed by atoms with Gasteiger partial charge in [0.2, 0.25) is 5.91 Å². The number of nitrogens with one attached hydrogen (secondary N) is 1. The van der Waals surface area contributed by atoms with E-state index in [-0.39, 0.29) is 17.9 Å². The first-order valence-electron chi connectivity index (χ1n) is 7.50. The van der Waals surface area contributed by atoms with Crippen molar-refractivity contribution >= 4 is 38.3 Å². The first-order chi connectivity index (χ1) is 11.5. The van der Waals surface area contributed by atoms with Gasteiger partial charge in [0, 0.05) is 22.2 Å². The monoisotopic (exact) mass is 387 g/mol. The predicted molar refractivity (Wildman–Crippen MR) is 93.1 cm³/mol. The van der Waals surface area contributed by atoms with Gasteiger partial charge >= 0.3 is 0 Å². The Bertz CT molecular complexity index is 987. The van der Waals surface area contributed by atoms with E-state index in [9.17, 15) is 13.6 Å². The largest absolute Gasteiger partial charge is 0.325 e. The summed E-state index contributed by atoms with van der Waals surface area (Å²) in [5.41, 5.74) is 1.65. The third kappa shape index (κ3) is 2.40. The lowest BCUT2D eigenvalue weighted by molar-refractivity contribution is -0.116. The number of fused-ring (bicyclic) bond motifs is 3. The lowest BCUT2D eigenvalue weighted by Crippen LogP contribution is -2.24. The Morgan fingerprint density at radius 1 is 1.00 bits per heavy atom. The van der Waals surface area contributed by atoms with Gasteiger partial charge in [-0.2, -0.15) is 0 Å². The molecule has 2 nitrogen and oxygen atoms in total. The molecule has 0 aliphatic carbocycles. The van der Waals surface area contributed by atoms with E-state index in [2.05, 4.69) is 21.2 Å². The predicted octanol–water partition coefficient (Wildman–Crippen LogP) is 5.35. The first kappa shape index (κ1) is 15.3. The maximum atomic E-state index is 14.3. The summed E-state index contributed by atoms with van der Waals surface area (Å²) in [7, 11) is 0. The van der Waals surface area contributed by atoms with Crippen LogP contribution in [0.5, 0.6) is 0 Å². The third-order valence-corrected chi connectivity index (χ3v) is 5.04. The van der Waals surface area contributed by atoms with Crippen LogP contribution < -0.4 is 5.32 Å². The third-order valence-electron chi connectivity index (χ3n) is 4.39. The van der Waals surface area contributed by atoms with Crippen molar-refractivity contribution in [3.05, 3.63) is 75.8 Å². The van der Waals surface area contributed by atoms with E-state index in [4.69, 9.17) is 0 Å². The molecule has 3 aromatic carbocycles. The molecule has 1 aliphatic heterocycles. The Labute approximate surface area is 145 Å². The number of anilines is 1. The fraction of sp³-hybridized carbons (Fsp3) is 0.105. The Kier molecular flexibility index (Phi) is 3.61. The minimum absolute atomic E-state index is 0.0815. The summed E-state index contributed by atoms with van der Waals surface area (Å²) in [5.74, 6) is -1.75. The van der Waals surface area contributed by atoms with Gasteiger partial charge in [-0.05, 0) is 40.8 Å². The number of carbonyl (C=O) groups excluding carboxylic acids is 1. The SMILES string of the molecule is O=C1C[C@H](c2cc(F)ccc2F)c2cc(Br)c3ccccc3c2N1. The van der Waals surface area contributed by atoms with Crippen molar-refractivity contribution in [2.75, 3.05) is 5.32 Å². The Balaban J connectivity index is 2.01. The van der Waals surface area contributed by atoms with Crippen LogP contribution in [0.25, 0.3) is 10.8 Å². The summed E-state index contributed by atoms with van der Waals surface area (Å²) in [5, 5.41) is 4.72. The Morgan fingerprint density at radius 3 is 2.54 bits per heavy atom. The highest BCUT2D eigenvalue weighted by Crippen LogP contribution is 2.44. The van der Waals surface area contributed by atoms with Crippen LogP contribution in [0.3, 0.4) is 0 Å². The second-order valence-corrected chi connectivity index (χ2v) is 6.69. The van der Waals surface area contributed by atoms with E-state index >= 15 is 0 Å². The van der Waals surface area contributed by atoms with E-state index in [1.54, 1.807) is 0 Å². The second-order valence-electron chi connectivity index (χ2n) is 5.84. The average Bonchev–Trinajstić information content (AvgIpc) is 2.58. The van der Waals surface area contributed by atoms with Crippen molar-refractivity contribution in [1.82, 2.24) is 0 Å². The maximum Gasteiger partial charge on any atom is 0.225 e. The average molecular weight is 388 g/mol. The molecular formula is C19H12BrF2NO. The van der Waals surface area contributed by atoms with Gasteiger partial charge in [0.1, 0.15) is 11.6 Å². The van der Waals surface area contributed by atoms with E-state index < -0.39 is 17.6 Å². The van der Waals surface area contributed by atoms with Gasteiger partial charge in [-0.1, -0.05) is 40.2 Å². The molecule has 3 aromatic rings. The lowest BCUT2D eigenvalue weighted by atomic mass is 9.83. The summed E-state index contributed by atoms with van der Waals surface area (Å²) in [6.45, 7) is 0. The summed E-state index contributed by atoms with van der Waals surface area (Å²) < 4.78 is 28.8. The van der Waals surface area contributed by atoms with E-state index in [0.29, 0.717) is 5.69 Å². The molecule has 120 valence electrons. The van der Waals surface area contributed by atoms with Gasteiger partial charge < -0.3 is 5.32 Å². The fourth-order valence-electron chi connectivity index (χ4n) is 3.31. The van der Waals surface area contributed by atoms with Crippen molar-refractivity contribution in [3.63, 3.8) is 0 Å². The highest BCUT2D eigenvalue weighted by Gasteiger charge is 2.30. The quantitative estimate of drug-likeness (QED) is 0.598. The van der Waals surface area contributed by atoms with Gasteiger partial charge in [-0.25, -0.2) is 8.78 Å². The maximum absolute atomic E-state index is 14.3. The van der Waals surface area contributed by atoms with Crippen LogP contribution in [0, 0.1) is 11.6 Å². The molecule has 0 saturated carbocycles. The molecule has 1 N–H and O–H groups in total. The van der Waals surface area contributed by atoms with Crippen molar-refractivity contribution < 1.29 is 13.6 Å². The van der Waals surface area contributed by atoms with Crippen LogP contribution in [0.2, 0.25) is 0 Å². The van der Waals surface area contributed by atoms with Gasteiger partial charge in [-0.3, -0.25) is 4.79 Å². The van der Waals surface area contributed by atoms with Gasteiger partial charge in [-0.15, -0.1) is 0 Å². The van der Waals surface area contributed by atoms with E-state index in [0.717, 1.165) is 32.9 Å². The number of rotatable bonds is 1. The smallest absolute Gasteiger partial charge is 0.225 e. The number of hydrogen-bond acceptors (Lipinski definition) is 1. The highest BCUT2D eigenvalue weighted by atomic mass is 79.9. The van der Waals surface area contributed by atoms with Crippen molar-refractivity contribution in [3.8, 4) is 0 Å². The molecule has 1 aliphatic rings. The summed E-state index contributed by atoms with van der Waals surface area (Å²) in [6.07, 6.45) is 0.0815. The molecular weight excluding hydrogens is 376 g/mol. The van der Waals surface area contributed by atoms with Crippen LogP contribution in [0.1, 0.15) is 23.5 Å². The lowest BCUT2D eigenvalue weighted by Gasteiger charge is -2.28. The zero-order valence-corrected chi connectivity index (χ0v) is 14.0. The standard InChI is InChI=1S/C19H12BrF2NO/c20-16-8-15-13(14-7-10(21)5-6-17(14)22)9-18(24)23-19(15)12-4-2-1-3-11(12)16/h1-8,13H,9H2,(H,23,24)/t13-/m1/s1. The molecule has 0 radical (unpaired) electrons. The molecule has 1 amide bonds. The van der Waals surface area contributed by atoms with Crippen molar-refractivity contribution in [1.29, 1.82) is 0 Å². The zero-order valence-electron chi connectivity index (χ0n) is 12.4. The summed E-state index contributed by atoms with van der Waals surface area (Å²) >= 11 is 3.54. The second kappa shape index (κ2) is 5.67. The minimum Gasteiger partial charge on any atom is -0.325 e. The van der Waals surface area contributed by atoms with E-state index in [1.165, 1.54) is 6.07 Å². The molecule has 0 unspecified atom stereocenters. The molecule has 0 saturated heterocycles. The molecule has 1 heterocycles. The number of hydrogen-bond donors (Lipinski definition) is 1. The number of carbonyl (C=O) groups is 1. The van der Waals surface area contributed by atoms with Gasteiger partial charge in [0.15, 0.2) is 0 Å². The highest BCUT2D eigenvalue weighted by molar-refractivity contribution is 9.10. The molecule has 0 bridgehead atoms.